The lowest BCUT2D eigenvalue weighted by atomic mass is 10.0. The van der Waals surface area contributed by atoms with Gasteiger partial charge in [0.15, 0.2) is 0 Å². The van der Waals surface area contributed by atoms with Crippen LogP contribution in [-0.4, -0.2) is 35.4 Å². The van der Waals surface area contributed by atoms with Crippen molar-refractivity contribution >= 4 is 22.8 Å². The van der Waals surface area contributed by atoms with Crippen LogP contribution in [0, 0.1) is 20.8 Å². The summed E-state index contributed by atoms with van der Waals surface area (Å²) in [6.45, 7) is 16.1. The highest BCUT2D eigenvalue weighted by atomic mass is 32.1. The highest BCUT2D eigenvalue weighted by Crippen LogP contribution is 2.31. The lowest BCUT2D eigenvalue weighted by Crippen LogP contribution is -2.28. The molecule has 0 fully saturated rings. The van der Waals surface area contributed by atoms with E-state index >= 15 is 0 Å². The van der Waals surface area contributed by atoms with Gasteiger partial charge in [-0.2, -0.15) is 0 Å². The topological polar surface area (TPSA) is 65.2 Å². The Labute approximate surface area is 209 Å². The molecule has 0 atom stereocenters. The number of aryl methyl sites for hydroxylation is 2. The van der Waals surface area contributed by atoms with Gasteiger partial charge in [0.2, 0.25) is 0 Å². The second-order valence-electron chi connectivity index (χ2n) is 9.20. The largest absolute Gasteiger partial charge is 0.348 e. The van der Waals surface area contributed by atoms with Gasteiger partial charge in [-0.05, 0) is 95.8 Å². The van der Waals surface area contributed by atoms with Crippen molar-refractivity contribution in [1.29, 1.82) is 0 Å². The fourth-order valence-electron chi connectivity index (χ4n) is 4.44. The lowest BCUT2D eigenvalue weighted by molar-refractivity contribution is 0.0950. The molecule has 0 aromatic carbocycles. The molecule has 2 aromatic rings. The third-order valence-corrected chi connectivity index (χ3v) is 7.54. The van der Waals surface area contributed by atoms with Gasteiger partial charge >= 0.3 is 0 Å². The van der Waals surface area contributed by atoms with E-state index in [-0.39, 0.29) is 18.0 Å². The highest BCUT2D eigenvalue weighted by Gasteiger charge is 2.17. The molecule has 188 valence electrons. The monoisotopic (exact) mass is 485 g/mol. The first kappa shape index (κ1) is 28.1. The Morgan fingerprint density at radius 1 is 1.09 bits per heavy atom. The molecule has 0 unspecified atom stereocenters. The quantitative estimate of drug-likeness (QED) is 0.305. The SMILES string of the molecule is C/C=C(/CCCN(CCC)CCCCC)c1scc(C(=O)NCc2c(C)cc(C)[nH]c2=O)c1C. The average molecular weight is 486 g/mol. The van der Waals surface area contributed by atoms with Crippen molar-refractivity contribution in [2.24, 2.45) is 0 Å². The maximum Gasteiger partial charge on any atom is 0.253 e. The number of unbranched alkanes of at least 4 members (excludes halogenated alkanes) is 2. The minimum Gasteiger partial charge on any atom is -0.348 e. The third kappa shape index (κ3) is 7.95. The van der Waals surface area contributed by atoms with Crippen LogP contribution >= 0.6 is 11.3 Å². The Balaban J connectivity index is 1.99. The van der Waals surface area contributed by atoms with E-state index in [0.29, 0.717) is 11.1 Å². The molecule has 2 N–H and O–H groups in total. The average Bonchev–Trinajstić information content (AvgIpc) is 3.17. The molecule has 2 aromatic heterocycles. The number of thiophene rings is 1. The van der Waals surface area contributed by atoms with Crippen molar-refractivity contribution in [3.63, 3.8) is 0 Å². The predicted octanol–water partition coefficient (Wildman–Crippen LogP) is 6.38. The number of carbonyl (C=O) groups is 1. The van der Waals surface area contributed by atoms with Crippen molar-refractivity contribution in [2.75, 3.05) is 19.6 Å². The zero-order valence-electron chi connectivity index (χ0n) is 22.0. The maximum absolute atomic E-state index is 12.9. The molecule has 5 nitrogen and oxygen atoms in total. The van der Waals surface area contributed by atoms with E-state index in [0.717, 1.165) is 36.2 Å². The summed E-state index contributed by atoms with van der Waals surface area (Å²) in [5.41, 5.74) is 5.24. The van der Waals surface area contributed by atoms with Gasteiger partial charge in [0.25, 0.3) is 11.5 Å². The molecule has 0 spiro atoms. The molecule has 0 radical (unpaired) electrons. The first-order chi connectivity index (χ1) is 16.3. The van der Waals surface area contributed by atoms with E-state index in [1.807, 2.05) is 32.2 Å². The van der Waals surface area contributed by atoms with Gasteiger partial charge in [0.05, 0.1) is 5.56 Å². The first-order valence-electron chi connectivity index (χ1n) is 12.8. The molecule has 0 aliphatic heterocycles. The summed E-state index contributed by atoms with van der Waals surface area (Å²) in [5.74, 6) is -0.125. The number of carbonyl (C=O) groups excluding carboxylic acids is 1. The maximum atomic E-state index is 12.9. The van der Waals surface area contributed by atoms with E-state index in [1.165, 1.54) is 49.2 Å². The van der Waals surface area contributed by atoms with E-state index in [2.05, 4.69) is 42.0 Å². The summed E-state index contributed by atoms with van der Waals surface area (Å²) < 4.78 is 0. The Morgan fingerprint density at radius 2 is 1.82 bits per heavy atom. The smallest absolute Gasteiger partial charge is 0.253 e. The standard InChI is InChI=1S/C28H43N3O2S/c1-7-10-11-15-31(14-8-2)16-12-13-23(9-3)26-22(6)25(19-34-26)27(32)29-18-24-20(4)17-21(5)30-28(24)33/h9,17,19H,7-8,10-16,18H2,1-6H3,(H,29,32)(H,30,33)/b23-9-. The number of rotatable bonds is 14. The van der Waals surface area contributed by atoms with E-state index in [1.54, 1.807) is 11.3 Å². The molecule has 0 bridgehead atoms. The van der Waals surface area contributed by atoms with Crippen LogP contribution < -0.4 is 10.9 Å². The number of allylic oxidation sites excluding steroid dienone is 2. The molecule has 0 saturated heterocycles. The molecule has 1 amide bonds. The summed E-state index contributed by atoms with van der Waals surface area (Å²) in [6.07, 6.45) is 9.37. The van der Waals surface area contributed by atoms with Crippen LogP contribution in [0.4, 0.5) is 0 Å². The number of hydrogen-bond donors (Lipinski definition) is 2. The second-order valence-corrected chi connectivity index (χ2v) is 10.1. The minimum atomic E-state index is -0.136. The molecular weight excluding hydrogens is 442 g/mol. The van der Waals surface area contributed by atoms with Gasteiger partial charge < -0.3 is 15.2 Å². The first-order valence-corrected chi connectivity index (χ1v) is 13.6. The zero-order valence-corrected chi connectivity index (χ0v) is 22.8. The lowest BCUT2D eigenvalue weighted by Gasteiger charge is -2.21. The van der Waals surface area contributed by atoms with Crippen molar-refractivity contribution in [1.82, 2.24) is 15.2 Å². The van der Waals surface area contributed by atoms with Crippen LogP contribution in [0.15, 0.2) is 22.3 Å². The number of H-pyrrole nitrogens is 1. The number of hydrogen-bond acceptors (Lipinski definition) is 4. The summed E-state index contributed by atoms with van der Waals surface area (Å²) in [5, 5.41) is 4.89. The predicted molar refractivity (Wildman–Crippen MR) is 146 cm³/mol. The van der Waals surface area contributed by atoms with Crippen LogP contribution in [0.1, 0.15) is 96.9 Å². The highest BCUT2D eigenvalue weighted by molar-refractivity contribution is 7.11. The molecule has 34 heavy (non-hydrogen) atoms. The number of pyridine rings is 1. The van der Waals surface area contributed by atoms with E-state index in [4.69, 9.17) is 0 Å². The second kappa shape index (κ2) is 14.3. The summed E-state index contributed by atoms with van der Waals surface area (Å²) in [4.78, 5) is 31.8. The van der Waals surface area contributed by atoms with Crippen LogP contribution in [0.5, 0.6) is 0 Å². The van der Waals surface area contributed by atoms with E-state index < -0.39 is 0 Å². The van der Waals surface area contributed by atoms with Gasteiger partial charge in [-0.3, -0.25) is 9.59 Å². The number of amides is 1. The van der Waals surface area contributed by atoms with Gasteiger partial charge in [-0.15, -0.1) is 11.3 Å². The molecule has 0 saturated carbocycles. The molecule has 2 heterocycles. The summed E-state index contributed by atoms with van der Waals surface area (Å²) in [7, 11) is 0. The van der Waals surface area contributed by atoms with Gasteiger partial charge in [-0.25, -0.2) is 0 Å². The summed E-state index contributed by atoms with van der Waals surface area (Å²) in [6, 6.07) is 1.93. The molecule has 0 aliphatic carbocycles. The van der Waals surface area contributed by atoms with Crippen LogP contribution in [-0.2, 0) is 6.54 Å². The van der Waals surface area contributed by atoms with Crippen molar-refractivity contribution < 1.29 is 4.79 Å². The number of aromatic nitrogens is 1. The normalized spacial score (nSPS) is 11.9. The minimum absolute atomic E-state index is 0.125. The van der Waals surface area contributed by atoms with Crippen LogP contribution in [0.3, 0.4) is 0 Å². The van der Waals surface area contributed by atoms with Crippen molar-refractivity contribution in [3.05, 3.63) is 60.7 Å². The Bertz CT molecular complexity index is 1020. The molecule has 0 aliphatic rings. The Morgan fingerprint density at radius 3 is 2.47 bits per heavy atom. The van der Waals surface area contributed by atoms with Crippen molar-refractivity contribution in [2.45, 2.75) is 86.6 Å². The zero-order chi connectivity index (χ0) is 25.1. The molecule has 2 rings (SSSR count). The van der Waals surface area contributed by atoms with Crippen LogP contribution in [0.2, 0.25) is 0 Å². The Hall–Kier alpha value is -2.18. The van der Waals surface area contributed by atoms with Crippen molar-refractivity contribution in [3.8, 4) is 0 Å². The summed E-state index contributed by atoms with van der Waals surface area (Å²) >= 11 is 1.64. The van der Waals surface area contributed by atoms with Crippen LogP contribution in [0.25, 0.3) is 5.57 Å². The van der Waals surface area contributed by atoms with Gasteiger partial charge in [0.1, 0.15) is 0 Å². The van der Waals surface area contributed by atoms with Gasteiger partial charge in [-0.1, -0.05) is 32.8 Å². The van der Waals surface area contributed by atoms with Gasteiger partial charge in [0, 0.05) is 28.1 Å². The Kier molecular flexibility index (Phi) is 11.8. The third-order valence-electron chi connectivity index (χ3n) is 6.38. The fourth-order valence-corrected chi connectivity index (χ4v) is 5.62. The van der Waals surface area contributed by atoms with E-state index in [9.17, 15) is 9.59 Å². The number of aromatic amines is 1. The fraction of sp³-hybridized carbons (Fsp3) is 0.571. The molecule has 6 heteroatoms. The molecular formula is C28H43N3O2S. The number of nitrogens with zero attached hydrogens (tertiary/aromatic N) is 1. The number of nitrogens with one attached hydrogen (secondary N) is 2.